The van der Waals surface area contributed by atoms with Crippen molar-refractivity contribution in [2.45, 2.75) is 43.6 Å². The molecule has 34 heavy (non-hydrogen) atoms. The summed E-state index contributed by atoms with van der Waals surface area (Å²) in [5.74, 6) is 0.768. The van der Waals surface area contributed by atoms with E-state index in [1.165, 1.54) is 0 Å². The van der Waals surface area contributed by atoms with E-state index in [2.05, 4.69) is 20.4 Å². The summed E-state index contributed by atoms with van der Waals surface area (Å²) < 4.78 is 16.8. The molecule has 2 fully saturated rings. The number of fused-ring (bicyclic) bond motifs is 3. The molecule has 2 aliphatic rings. The van der Waals surface area contributed by atoms with Gasteiger partial charge < -0.3 is 15.3 Å². The normalized spacial score (nSPS) is 24.0. The van der Waals surface area contributed by atoms with Gasteiger partial charge in [0.05, 0.1) is 35.8 Å². The van der Waals surface area contributed by atoms with Crippen molar-refractivity contribution in [1.29, 1.82) is 0 Å². The molecule has 7 nitrogen and oxygen atoms in total. The maximum absolute atomic E-state index is 15.0. The predicted octanol–water partition coefficient (Wildman–Crippen LogP) is 4.07. The van der Waals surface area contributed by atoms with Gasteiger partial charge >= 0.3 is 0 Å². The number of rotatable bonds is 4. The fourth-order valence-corrected chi connectivity index (χ4v) is 5.51. The number of aromatic hydroxyl groups is 1. The van der Waals surface area contributed by atoms with Crippen LogP contribution in [0.25, 0.3) is 33.3 Å². The van der Waals surface area contributed by atoms with Crippen LogP contribution in [0.3, 0.4) is 0 Å². The van der Waals surface area contributed by atoms with Gasteiger partial charge in [-0.15, -0.1) is 0 Å². The van der Waals surface area contributed by atoms with Crippen molar-refractivity contribution in [3.05, 3.63) is 55.0 Å². The molecule has 0 spiro atoms. The van der Waals surface area contributed by atoms with Gasteiger partial charge in [0.15, 0.2) is 0 Å². The van der Waals surface area contributed by atoms with Crippen LogP contribution in [0.2, 0.25) is 0 Å². The molecule has 4 atom stereocenters. The van der Waals surface area contributed by atoms with Gasteiger partial charge in [-0.25, -0.2) is 9.37 Å². The lowest BCUT2D eigenvalue weighted by Crippen LogP contribution is -2.55. The number of hydrogen-bond donors (Lipinski definition) is 2. The first-order chi connectivity index (χ1) is 16.5. The van der Waals surface area contributed by atoms with Crippen LogP contribution in [-0.4, -0.2) is 56.2 Å². The zero-order valence-corrected chi connectivity index (χ0v) is 19.2. The summed E-state index contributed by atoms with van der Waals surface area (Å²) in [6.45, 7) is 0. The first-order valence-electron chi connectivity index (χ1n) is 11.7. The first kappa shape index (κ1) is 21.0. The molecule has 2 bridgehead atoms. The van der Waals surface area contributed by atoms with Gasteiger partial charge in [-0.1, -0.05) is 18.2 Å². The number of phenols is 1. The van der Waals surface area contributed by atoms with Gasteiger partial charge in [0.25, 0.3) is 0 Å². The van der Waals surface area contributed by atoms with E-state index >= 15 is 0 Å². The Bertz CT molecular complexity index is 1350. The number of hydrogen-bond acceptors (Lipinski definition) is 6. The number of phenolic OH excluding ortho intramolecular Hbond substituents is 1. The Hall–Kier alpha value is -3.52. The number of nitrogens with one attached hydrogen (secondary N) is 1. The van der Waals surface area contributed by atoms with Crippen molar-refractivity contribution >= 4 is 16.7 Å². The smallest absolute Gasteiger partial charge is 0.147 e. The highest BCUT2D eigenvalue weighted by molar-refractivity contribution is 5.95. The van der Waals surface area contributed by atoms with Gasteiger partial charge in [0, 0.05) is 37.1 Å². The minimum Gasteiger partial charge on any atom is -0.507 e. The summed E-state index contributed by atoms with van der Waals surface area (Å²) in [5.41, 5.74) is 4.12. The second kappa shape index (κ2) is 8.06. The zero-order valence-electron chi connectivity index (χ0n) is 19.2. The Morgan fingerprint density at radius 3 is 2.76 bits per heavy atom. The van der Waals surface area contributed by atoms with E-state index in [9.17, 15) is 9.50 Å². The van der Waals surface area contributed by atoms with E-state index in [-0.39, 0.29) is 17.8 Å². The Labute approximate surface area is 197 Å². The van der Waals surface area contributed by atoms with Crippen LogP contribution in [0.5, 0.6) is 5.75 Å². The molecule has 174 valence electrons. The number of aromatic nitrogens is 4. The minimum atomic E-state index is -0.925. The molecule has 2 N–H and O–H groups in total. The van der Waals surface area contributed by atoms with E-state index in [1.54, 1.807) is 18.5 Å². The van der Waals surface area contributed by atoms with Crippen LogP contribution in [0.4, 0.5) is 10.2 Å². The number of alkyl halides is 1. The van der Waals surface area contributed by atoms with E-state index in [0.29, 0.717) is 23.1 Å². The van der Waals surface area contributed by atoms with Crippen LogP contribution < -0.4 is 10.2 Å². The van der Waals surface area contributed by atoms with Gasteiger partial charge in [0.1, 0.15) is 17.7 Å². The summed E-state index contributed by atoms with van der Waals surface area (Å²) in [7, 11) is 3.80. The molecule has 4 aromatic rings. The van der Waals surface area contributed by atoms with Gasteiger partial charge in [-0.3, -0.25) is 9.67 Å². The topological polar surface area (TPSA) is 79.1 Å². The quantitative estimate of drug-likeness (QED) is 0.480. The number of aryl methyl sites for hydroxylation is 1. The predicted molar refractivity (Wildman–Crippen MR) is 130 cm³/mol. The van der Waals surface area contributed by atoms with Crippen LogP contribution in [-0.2, 0) is 7.05 Å². The molecular weight excluding hydrogens is 431 g/mol. The second-order valence-corrected chi connectivity index (χ2v) is 9.40. The molecular formula is C26H27FN6O. The summed E-state index contributed by atoms with van der Waals surface area (Å²) in [5, 5.41) is 19.6. The molecule has 6 rings (SSSR count). The molecule has 2 saturated heterocycles. The van der Waals surface area contributed by atoms with Gasteiger partial charge in [-0.2, -0.15) is 5.10 Å². The molecule has 8 heteroatoms. The number of halogens is 1. The molecule has 2 aliphatic heterocycles. The Balaban J connectivity index is 1.26. The van der Waals surface area contributed by atoms with E-state index in [0.717, 1.165) is 41.3 Å². The molecule has 0 amide bonds. The zero-order chi connectivity index (χ0) is 23.4. The number of piperidine rings is 1. The van der Waals surface area contributed by atoms with Gasteiger partial charge in [0.2, 0.25) is 0 Å². The van der Waals surface area contributed by atoms with Crippen molar-refractivity contribution < 1.29 is 9.50 Å². The van der Waals surface area contributed by atoms with Crippen molar-refractivity contribution in [3.63, 3.8) is 0 Å². The molecule has 0 radical (unpaired) electrons. The molecule has 0 unspecified atom stereocenters. The van der Waals surface area contributed by atoms with E-state index < -0.39 is 6.17 Å². The number of anilines is 1. The Morgan fingerprint density at radius 2 is 1.97 bits per heavy atom. The minimum absolute atomic E-state index is 0.0635. The SMILES string of the molecule is CN(c1cnc(-c2ccc(-c3cccc4c3cnn4C)cc2O)cn1)[C@H]1C[C@@H]2CC[C@@H](N2)[C@H]1F. The monoisotopic (exact) mass is 458 g/mol. The summed E-state index contributed by atoms with van der Waals surface area (Å²) >= 11 is 0. The van der Waals surface area contributed by atoms with Crippen molar-refractivity contribution in [2.75, 3.05) is 11.9 Å². The third-order valence-corrected chi connectivity index (χ3v) is 7.43. The molecule has 2 aromatic heterocycles. The highest BCUT2D eigenvalue weighted by Gasteiger charge is 2.43. The van der Waals surface area contributed by atoms with E-state index in [1.807, 2.05) is 60.2 Å². The average Bonchev–Trinajstić information content (AvgIpc) is 3.45. The number of benzene rings is 2. The molecule has 0 saturated carbocycles. The number of nitrogens with zero attached hydrogens (tertiary/aromatic N) is 5. The molecule has 0 aliphatic carbocycles. The molecule has 2 aromatic carbocycles. The lowest BCUT2D eigenvalue weighted by molar-refractivity contribution is 0.176. The van der Waals surface area contributed by atoms with Crippen LogP contribution in [0.15, 0.2) is 55.0 Å². The largest absolute Gasteiger partial charge is 0.507 e. The van der Waals surface area contributed by atoms with Gasteiger partial charge in [-0.05, 0) is 48.6 Å². The lowest BCUT2D eigenvalue weighted by atomic mass is 9.96. The van der Waals surface area contributed by atoms with Crippen LogP contribution in [0.1, 0.15) is 19.3 Å². The maximum Gasteiger partial charge on any atom is 0.147 e. The maximum atomic E-state index is 15.0. The molecule has 4 heterocycles. The summed E-state index contributed by atoms with van der Waals surface area (Å²) in [4.78, 5) is 11.0. The second-order valence-electron chi connectivity index (χ2n) is 9.40. The Kier molecular flexibility index (Phi) is 4.99. The highest BCUT2D eigenvalue weighted by atomic mass is 19.1. The summed E-state index contributed by atoms with van der Waals surface area (Å²) in [6, 6.07) is 11.7. The third kappa shape index (κ3) is 3.40. The highest BCUT2D eigenvalue weighted by Crippen LogP contribution is 2.36. The average molecular weight is 459 g/mol. The summed E-state index contributed by atoms with van der Waals surface area (Å²) in [6.07, 6.45) is 6.91. The standard InChI is InChI=1S/C26H27FN6O/c1-32(23-11-16-7-9-20(31-16)26(23)27)25-14-28-21(13-29-25)18-8-6-15(10-24(18)34)17-4-3-5-22-19(17)12-30-33(22)2/h3-6,8,10,12-14,16,20,23,26,31,34H,7,9,11H2,1-2H3/t16-,20+,23-,26+/m0/s1. The van der Waals surface area contributed by atoms with Crippen molar-refractivity contribution in [2.24, 2.45) is 7.05 Å². The Morgan fingerprint density at radius 1 is 1.09 bits per heavy atom. The lowest BCUT2D eigenvalue weighted by Gasteiger charge is -2.38. The van der Waals surface area contributed by atoms with E-state index in [4.69, 9.17) is 0 Å². The fraction of sp³-hybridized carbons (Fsp3) is 0.346. The third-order valence-electron chi connectivity index (χ3n) is 7.43. The van der Waals surface area contributed by atoms with Crippen molar-refractivity contribution in [3.8, 4) is 28.1 Å². The van der Waals surface area contributed by atoms with Crippen LogP contribution >= 0.6 is 0 Å². The van der Waals surface area contributed by atoms with Crippen molar-refractivity contribution in [1.82, 2.24) is 25.1 Å². The van der Waals surface area contributed by atoms with Crippen LogP contribution in [0, 0.1) is 0 Å². The fourth-order valence-electron chi connectivity index (χ4n) is 5.51. The first-order valence-corrected chi connectivity index (χ1v) is 11.7.